The first-order chi connectivity index (χ1) is 8.43. The molecule has 1 aliphatic rings. The minimum Gasteiger partial charge on any atom is -0.351 e. The van der Waals surface area contributed by atoms with E-state index in [1.165, 1.54) is 6.20 Å². The van der Waals surface area contributed by atoms with Crippen molar-refractivity contribution < 1.29 is 4.92 Å². The van der Waals surface area contributed by atoms with Crippen LogP contribution in [-0.4, -0.2) is 28.5 Å². The van der Waals surface area contributed by atoms with E-state index in [0.29, 0.717) is 10.0 Å². The van der Waals surface area contributed by atoms with Crippen LogP contribution < -0.4 is 10.6 Å². The lowest BCUT2D eigenvalue weighted by molar-refractivity contribution is -0.385. The van der Waals surface area contributed by atoms with Gasteiger partial charge in [0.1, 0.15) is 12.0 Å². The number of pyridine rings is 1. The summed E-state index contributed by atoms with van der Waals surface area (Å²) in [5.41, 5.74) is 6.60. The summed E-state index contributed by atoms with van der Waals surface area (Å²) >= 11 is 3.41. The number of anilines is 1. The van der Waals surface area contributed by atoms with Crippen molar-refractivity contribution in [2.75, 3.05) is 11.4 Å². The Hall–Kier alpha value is -1.21. The van der Waals surface area contributed by atoms with E-state index in [1.54, 1.807) is 6.92 Å². The largest absolute Gasteiger partial charge is 0.351 e. The highest BCUT2D eigenvalue weighted by molar-refractivity contribution is 9.10. The zero-order valence-corrected chi connectivity index (χ0v) is 11.8. The average molecular weight is 315 g/mol. The number of nitro groups is 1. The minimum atomic E-state index is -0.421. The zero-order chi connectivity index (χ0) is 13.4. The van der Waals surface area contributed by atoms with Crippen LogP contribution >= 0.6 is 15.9 Å². The van der Waals surface area contributed by atoms with Gasteiger partial charge in [0.15, 0.2) is 0 Å². The molecule has 0 bridgehead atoms. The van der Waals surface area contributed by atoms with Crippen LogP contribution in [-0.2, 0) is 0 Å². The Morgan fingerprint density at radius 1 is 1.67 bits per heavy atom. The molecule has 2 rings (SSSR count). The van der Waals surface area contributed by atoms with Crippen molar-refractivity contribution in [3.05, 3.63) is 26.3 Å². The SMILES string of the molecule is Cc1c([N+](=O)[O-])cnc(N2CCC(N)C2C)c1Br. The number of nitrogens with two attached hydrogens (primary N) is 1. The Labute approximate surface area is 113 Å². The molecule has 0 aliphatic carbocycles. The van der Waals surface area contributed by atoms with E-state index in [-0.39, 0.29) is 17.8 Å². The second-order valence-electron chi connectivity index (χ2n) is 4.55. The Morgan fingerprint density at radius 2 is 2.33 bits per heavy atom. The summed E-state index contributed by atoms with van der Waals surface area (Å²) in [6, 6.07) is 0.309. The topological polar surface area (TPSA) is 85.3 Å². The molecule has 1 aromatic heterocycles. The third-order valence-corrected chi connectivity index (χ3v) is 4.45. The van der Waals surface area contributed by atoms with E-state index in [9.17, 15) is 10.1 Å². The monoisotopic (exact) mass is 314 g/mol. The second-order valence-corrected chi connectivity index (χ2v) is 5.34. The molecule has 0 amide bonds. The van der Waals surface area contributed by atoms with E-state index in [0.717, 1.165) is 18.8 Å². The van der Waals surface area contributed by atoms with Gasteiger partial charge >= 0.3 is 0 Å². The highest BCUT2D eigenvalue weighted by Crippen LogP contribution is 2.35. The predicted molar refractivity (Wildman–Crippen MR) is 72.7 cm³/mol. The molecule has 2 N–H and O–H groups in total. The fourth-order valence-electron chi connectivity index (χ4n) is 2.20. The zero-order valence-electron chi connectivity index (χ0n) is 10.3. The Kier molecular flexibility index (Phi) is 3.54. The molecule has 2 heterocycles. The van der Waals surface area contributed by atoms with Crippen molar-refractivity contribution in [1.82, 2.24) is 4.98 Å². The quantitative estimate of drug-likeness (QED) is 0.666. The Balaban J connectivity index is 2.42. The number of rotatable bonds is 2. The van der Waals surface area contributed by atoms with Crippen LogP contribution in [0.15, 0.2) is 10.7 Å². The fraction of sp³-hybridized carbons (Fsp3) is 0.545. The van der Waals surface area contributed by atoms with Crippen molar-refractivity contribution >= 4 is 27.4 Å². The molecular weight excluding hydrogens is 300 g/mol. The van der Waals surface area contributed by atoms with Crippen molar-refractivity contribution in [1.29, 1.82) is 0 Å². The van der Waals surface area contributed by atoms with Crippen LogP contribution in [0.5, 0.6) is 0 Å². The highest BCUT2D eigenvalue weighted by Gasteiger charge is 2.31. The molecule has 0 spiro atoms. The minimum absolute atomic E-state index is 0.0294. The summed E-state index contributed by atoms with van der Waals surface area (Å²) in [5.74, 6) is 0.735. The maximum atomic E-state index is 10.8. The first-order valence-corrected chi connectivity index (χ1v) is 6.54. The first-order valence-electron chi connectivity index (χ1n) is 5.75. The molecule has 0 aromatic carbocycles. The fourth-order valence-corrected chi connectivity index (χ4v) is 2.74. The first kappa shape index (κ1) is 13.2. The number of hydrogen-bond acceptors (Lipinski definition) is 5. The van der Waals surface area contributed by atoms with Gasteiger partial charge in [0.05, 0.1) is 9.40 Å². The van der Waals surface area contributed by atoms with Crippen LogP contribution in [0.4, 0.5) is 11.5 Å². The molecule has 1 saturated heterocycles. The molecule has 98 valence electrons. The maximum absolute atomic E-state index is 10.8. The number of hydrogen-bond donors (Lipinski definition) is 1. The number of aromatic nitrogens is 1. The van der Waals surface area contributed by atoms with E-state index in [4.69, 9.17) is 5.73 Å². The highest BCUT2D eigenvalue weighted by atomic mass is 79.9. The third kappa shape index (κ3) is 2.08. The van der Waals surface area contributed by atoms with Crippen LogP contribution in [0.1, 0.15) is 18.9 Å². The Bertz CT molecular complexity index is 494. The van der Waals surface area contributed by atoms with Gasteiger partial charge in [-0.05, 0) is 36.2 Å². The smallest absolute Gasteiger partial charge is 0.291 e. The maximum Gasteiger partial charge on any atom is 0.291 e. The number of nitrogens with zero attached hydrogens (tertiary/aromatic N) is 3. The summed E-state index contributed by atoms with van der Waals surface area (Å²) in [6.45, 7) is 4.59. The van der Waals surface area contributed by atoms with Gasteiger partial charge in [-0.2, -0.15) is 0 Å². The van der Waals surface area contributed by atoms with Gasteiger partial charge < -0.3 is 10.6 Å². The van der Waals surface area contributed by atoms with Gasteiger partial charge in [0, 0.05) is 24.2 Å². The normalized spacial score (nSPS) is 23.4. The summed E-state index contributed by atoms with van der Waals surface area (Å²) < 4.78 is 0.678. The van der Waals surface area contributed by atoms with Crippen molar-refractivity contribution in [3.63, 3.8) is 0 Å². The van der Waals surface area contributed by atoms with Crippen molar-refractivity contribution in [2.45, 2.75) is 32.4 Å². The van der Waals surface area contributed by atoms with E-state index < -0.39 is 4.92 Å². The Morgan fingerprint density at radius 3 is 2.83 bits per heavy atom. The van der Waals surface area contributed by atoms with Gasteiger partial charge in [0.2, 0.25) is 0 Å². The molecule has 0 radical (unpaired) electrons. The van der Waals surface area contributed by atoms with E-state index >= 15 is 0 Å². The molecule has 0 saturated carbocycles. The van der Waals surface area contributed by atoms with Gasteiger partial charge in [-0.3, -0.25) is 10.1 Å². The molecule has 18 heavy (non-hydrogen) atoms. The summed E-state index contributed by atoms with van der Waals surface area (Å²) in [6.07, 6.45) is 2.22. The molecule has 1 fully saturated rings. The van der Waals surface area contributed by atoms with Crippen LogP contribution in [0.2, 0.25) is 0 Å². The molecule has 1 aromatic rings. The molecule has 2 atom stereocenters. The molecule has 6 nitrogen and oxygen atoms in total. The van der Waals surface area contributed by atoms with Gasteiger partial charge in [-0.15, -0.1) is 0 Å². The molecule has 2 unspecified atom stereocenters. The summed E-state index contributed by atoms with van der Waals surface area (Å²) in [4.78, 5) is 16.7. The van der Waals surface area contributed by atoms with Crippen LogP contribution in [0, 0.1) is 17.0 Å². The van der Waals surface area contributed by atoms with E-state index in [2.05, 4.69) is 25.8 Å². The van der Waals surface area contributed by atoms with Crippen molar-refractivity contribution in [3.8, 4) is 0 Å². The second kappa shape index (κ2) is 4.81. The van der Waals surface area contributed by atoms with Crippen LogP contribution in [0.25, 0.3) is 0 Å². The number of halogens is 1. The standard InChI is InChI=1S/C11H15BrN4O2/c1-6-9(16(17)18)5-14-11(10(6)12)15-4-3-8(13)7(15)2/h5,7-8H,3-4,13H2,1-2H3. The van der Waals surface area contributed by atoms with Gasteiger partial charge in [-0.1, -0.05) is 0 Å². The lowest BCUT2D eigenvalue weighted by Crippen LogP contribution is -2.37. The molecule has 1 aliphatic heterocycles. The van der Waals surface area contributed by atoms with E-state index in [1.807, 2.05) is 6.92 Å². The summed E-state index contributed by atoms with van der Waals surface area (Å²) in [7, 11) is 0. The van der Waals surface area contributed by atoms with Gasteiger partial charge in [0.25, 0.3) is 5.69 Å². The lowest BCUT2D eigenvalue weighted by Gasteiger charge is -2.25. The lowest BCUT2D eigenvalue weighted by atomic mass is 10.1. The van der Waals surface area contributed by atoms with Gasteiger partial charge in [-0.25, -0.2) is 4.98 Å². The molecule has 7 heteroatoms. The molecular formula is C11H15BrN4O2. The summed E-state index contributed by atoms with van der Waals surface area (Å²) in [5, 5.41) is 10.8. The average Bonchev–Trinajstić information content (AvgIpc) is 2.63. The third-order valence-electron chi connectivity index (χ3n) is 3.50. The van der Waals surface area contributed by atoms with Crippen molar-refractivity contribution in [2.24, 2.45) is 5.73 Å². The predicted octanol–water partition coefficient (Wildman–Crippen LogP) is 1.99. The van der Waals surface area contributed by atoms with Crippen LogP contribution in [0.3, 0.4) is 0 Å².